The zero-order chi connectivity index (χ0) is 22.5. The predicted octanol–water partition coefficient (Wildman–Crippen LogP) is 4.78. The molecule has 3 N–H and O–H groups in total. The number of rotatable bonds is 5. The van der Waals surface area contributed by atoms with Crippen LogP contribution in [0.2, 0.25) is 10.0 Å². The lowest BCUT2D eigenvalue weighted by Crippen LogP contribution is -2.42. The van der Waals surface area contributed by atoms with Gasteiger partial charge in [-0.2, -0.15) is 5.10 Å². The molecule has 1 saturated heterocycles. The Morgan fingerprint density at radius 2 is 1.87 bits per heavy atom. The highest BCUT2D eigenvalue weighted by Crippen LogP contribution is 2.22. The summed E-state index contributed by atoms with van der Waals surface area (Å²) in [7, 11) is 0. The number of amides is 2. The molecule has 0 atom stereocenters. The molecule has 2 aromatic rings. The average Bonchev–Trinajstić information content (AvgIpc) is 3.23. The van der Waals surface area contributed by atoms with Gasteiger partial charge in [0, 0.05) is 29.2 Å². The van der Waals surface area contributed by atoms with Crippen LogP contribution in [0, 0.1) is 6.92 Å². The van der Waals surface area contributed by atoms with Gasteiger partial charge in [0.25, 0.3) is 5.91 Å². The second kappa shape index (κ2) is 14.3. The zero-order valence-corrected chi connectivity index (χ0v) is 20.0. The maximum Gasteiger partial charge on any atom is 0.271 e. The van der Waals surface area contributed by atoms with Crippen LogP contribution >= 0.6 is 35.1 Å². The predicted molar refractivity (Wildman–Crippen MR) is 126 cm³/mol. The second-order valence-corrected chi connectivity index (χ2v) is 7.82. The van der Waals surface area contributed by atoms with Gasteiger partial charge < -0.3 is 10.6 Å². The minimum Gasteiger partial charge on any atom is -0.348 e. The first-order valence-corrected chi connectivity index (χ1v) is 11.6. The summed E-state index contributed by atoms with van der Waals surface area (Å²) >= 11 is 13.2. The summed E-state index contributed by atoms with van der Waals surface area (Å²) in [5, 5.41) is 13.2. The lowest BCUT2D eigenvalue weighted by atomic mass is 10.1. The summed E-state index contributed by atoms with van der Waals surface area (Å²) in [6, 6.07) is 5.65. The second-order valence-electron chi connectivity index (χ2n) is 6.13. The van der Waals surface area contributed by atoms with Crippen LogP contribution in [0.15, 0.2) is 24.4 Å². The fraction of sp³-hybridized carbons (Fsp3) is 0.450. The maximum atomic E-state index is 12.1. The molecule has 0 bridgehead atoms. The number of carbonyl (C=O) groups excluding carboxylic acids is 2. The Kier molecular flexibility index (Phi) is 12.5. The monoisotopic (exact) mass is 473 g/mol. The van der Waals surface area contributed by atoms with E-state index < -0.39 is 0 Å². The van der Waals surface area contributed by atoms with Crippen LogP contribution in [-0.4, -0.2) is 52.2 Å². The van der Waals surface area contributed by atoms with Crippen molar-refractivity contribution in [1.82, 2.24) is 19.8 Å². The third-order valence-electron chi connectivity index (χ3n) is 4.33. The van der Waals surface area contributed by atoms with E-state index in [2.05, 4.69) is 31.4 Å². The van der Waals surface area contributed by atoms with Gasteiger partial charge in [0.1, 0.15) is 5.69 Å². The van der Waals surface area contributed by atoms with Gasteiger partial charge in [0.15, 0.2) is 0 Å². The topological polar surface area (TPSA) is 90.1 Å². The molecule has 7 nitrogen and oxygen atoms in total. The number of nitrogens with zero attached hydrogens (tertiary/aromatic N) is 2. The minimum absolute atomic E-state index is 0.170. The molecule has 1 aromatic heterocycles. The molecule has 1 fully saturated rings. The van der Waals surface area contributed by atoms with Crippen molar-refractivity contribution < 1.29 is 9.59 Å². The zero-order valence-electron chi connectivity index (χ0n) is 17.7. The van der Waals surface area contributed by atoms with E-state index in [-0.39, 0.29) is 11.9 Å². The summed E-state index contributed by atoms with van der Waals surface area (Å²) in [5.74, 6) is -0.232. The molecular weight excluding hydrogens is 445 g/mol. The first-order chi connectivity index (χ1) is 14.5. The van der Waals surface area contributed by atoms with Crippen LogP contribution < -0.4 is 10.6 Å². The highest BCUT2D eigenvalue weighted by Gasteiger charge is 2.22. The van der Waals surface area contributed by atoms with Gasteiger partial charge in [-0.25, -0.2) is 0 Å². The number of H-pyrrole nitrogens is 1. The molecule has 0 unspecified atom stereocenters. The Morgan fingerprint density at radius 1 is 1.27 bits per heavy atom. The van der Waals surface area contributed by atoms with Gasteiger partial charge in [0.05, 0.1) is 11.9 Å². The van der Waals surface area contributed by atoms with Gasteiger partial charge in [-0.1, -0.05) is 55.1 Å². The molecule has 1 aliphatic heterocycles. The van der Waals surface area contributed by atoms with Crippen molar-refractivity contribution >= 4 is 53.2 Å². The maximum absolute atomic E-state index is 12.1. The van der Waals surface area contributed by atoms with Crippen molar-refractivity contribution in [2.75, 3.05) is 24.7 Å². The Morgan fingerprint density at radius 3 is 2.37 bits per heavy atom. The lowest BCUT2D eigenvalue weighted by molar-refractivity contribution is -0.105. The van der Waals surface area contributed by atoms with Crippen molar-refractivity contribution in [3.63, 3.8) is 0 Å². The third-order valence-corrected chi connectivity index (χ3v) is 6.03. The largest absolute Gasteiger partial charge is 0.348 e. The van der Waals surface area contributed by atoms with Gasteiger partial charge >= 0.3 is 0 Å². The van der Waals surface area contributed by atoms with E-state index in [0.717, 1.165) is 41.5 Å². The SMILES string of the molecule is CC.CSN1CCC(NC(=O)c2[nH]ncc2NC=O)CC1.Cc1c(Cl)cccc1Cl. The van der Waals surface area contributed by atoms with Gasteiger partial charge in [-0.3, -0.25) is 19.0 Å². The number of benzene rings is 1. The first kappa shape index (κ1) is 26.3. The minimum atomic E-state index is -0.232. The number of nitrogens with one attached hydrogen (secondary N) is 3. The lowest BCUT2D eigenvalue weighted by Gasteiger charge is -2.30. The fourth-order valence-electron chi connectivity index (χ4n) is 2.65. The third kappa shape index (κ3) is 8.18. The van der Waals surface area contributed by atoms with Gasteiger partial charge in [-0.05, 0) is 43.7 Å². The number of hydrogen-bond acceptors (Lipinski definition) is 5. The quantitative estimate of drug-likeness (QED) is 0.429. The summed E-state index contributed by atoms with van der Waals surface area (Å²) in [5.41, 5.74) is 1.63. The number of anilines is 1. The first-order valence-electron chi connectivity index (χ1n) is 9.70. The standard InChI is InChI=1S/C11H17N5O2S.C7H6Cl2.C2H6/c1-19-16-4-2-8(3-5-16)14-11(18)10-9(12-7-17)6-13-15-10;1-5-6(8)3-2-4-7(5)9;1-2/h6-8H,2-5H2,1H3,(H,12,17)(H,13,15)(H,14,18);2-4H,1H3;1-2H3. The van der Waals surface area contributed by atoms with Crippen molar-refractivity contribution in [3.05, 3.63) is 45.7 Å². The summed E-state index contributed by atoms with van der Waals surface area (Å²) < 4.78 is 2.28. The van der Waals surface area contributed by atoms with Crippen LogP contribution in [0.5, 0.6) is 0 Å². The van der Waals surface area contributed by atoms with Gasteiger partial charge in [-0.15, -0.1) is 0 Å². The Hall–Kier alpha value is -1.74. The molecule has 0 saturated carbocycles. The summed E-state index contributed by atoms with van der Waals surface area (Å²) in [6.45, 7) is 7.83. The molecule has 1 aromatic carbocycles. The van der Waals surface area contributed by atoms with Crippen LogP contribution in [0.4, 0.5) is 5.69 Å². The van der Waals surface area contributed by atoms with E-state index >= 15 is 0 Å². The van der Waals surface area contributed by atoms with Crippen LogP contribution in [-0.2, 0) is 4.79 Å². The van der Waals surface area contributed by atoms with Crippen LogP contribution in [0.1, 0.15) is 42.7 Å². The van der Waals surface area contributed by atoms with E-state index in [1.165, 1.54) is 6.20 Å². The molecule has 166 valence electrons. The Bertz CT molecular complexity index is 775. The molecule has 3 rings (SSSR count). The highest BCUT2D eigenvalue weighted by molar-refractivity contribution is 7.96. The number of hydrogen-bond donors (Lipinski definition) is 3. The number of piperidine rings is 1. The van der Waals surface area contributed by atoms with Crippen molar-refractivity contribution in [1.29, 1.82) is 0 Å². The Labute approximate surface area is 192 Å². The Balaban J connectivity index is 0.000000342. The summed E-state index contributed by atoms with van der Waals surface area (Å²) in [4.78, 5) is 22.5. The molecular formula is C20H29Cl2N5O2S. The van der Waals surface area contributed by atoms with Crippen molar-refractivity contribution in [3.8, 4) is 0 Å². The molecule has 10 heteroatoms. The molecule has 30 heavy (non-hydrogen) atoms. The van der Waals surface area contributed by atoms with E-state index in [1.54, 1.807) is 11.9 Å². The van der Waals surface area contributed by atoms with Crippen molar-refractivity contribution in [2.24, 2.45) is 0 Å². The van der Waals surface area contributed by atoms with E-state index in [1.807, 2.05) is 39.0 Å². The molecule has 2 amide bonds. The molecule has 0 aliphatic carbocycles. The average molecular weight is 474 g/mol. The number of aromatic amines is 1. The fourth-order valence-corrected chi connectivity index (χ4v) is 3.63. The highest BCUT2D eigenvalue weighted by atomic mass is 35.5. The van der Waals surface area contributed by atoms with Gasteiger partial charge in [0.2, 0.25) is 6.41 Å². The molecule has 1 aliphatic rings. The van der Waals surface area contributed by atoms with E-state index in [0.29, 0.717) is 17.8 Å². The molecule has 0 spiro atoms. The van der Waals surface area contributed by atoms with E-state index in [4.69, 9.17) is 23.2 Å². The molecule has 0 radical (unpaired) electrons. The number of aromatic nitrogens is 2. The summed E-state index contributed by atoms with van der Waals surface area (Å²) in [6.07, 6.45) is 5.85. The number of carbonyl (C=O) groups is 2. The normalized spacial score (nSPS) is 13.9. The van der Waals surface area contributed by atoms with Crippen molar-refractivity contribution in [2.45, 2.75) is 39.7 Å². The smallest absolute Gasteiger partial charge is 0.271 e. The van der Waals surface area contributed by atoms with Crippen LogP contribution in [0.25, 0.3) is 0 Å². The number of halogens is 2. The molecule has 2 heterocycles. The van der Waals surface area contributed by atoms with Crippen LogP contribution in [0.3, 0.4) is 0 Å². The van der Waals surface area contributed by atoms with E-state index in [9.17, 15) is 9.59 Å².